The van der Waals surface area contributed by atoms with E-state index < -0.39 is 0 Å². The first kappa shape index (κ1) is 15.1. The molecule has 2 aromatic rings. The Morgan fingerprint density at radius 1 is 1.17 bits per heavy atom. The Labute approximate surface area is 147 Å². The van der Waals surface area contributed by atoms with Crippen molar-refractivity contribution < 1.29 is 4.74 Å². The second kappa shape index (κ2) is 5.99. The highest BCUT2D eigenvalue weighted by atomic mass is 32.1. The molecule has 3 aliphatic rings. The second-order valence-electron chi connectivity index (χ2n) is 7.94. The van der Waals surface area contributed by atoms with E-state index in [1.165, 1.54) is 57.1 Å². The zero-order valence-corrected chi connectivity index (χ0v) is 15.1. The smallest absolute Gasteiger partial charge is 0.214 e. The Hall–Kier alpha value is -1.14. The van der Waals surface area contributed by atoms with Crippen molar-refractivity contribution in [3.8, 4) is 0 Å². The van der Waals surface area contributed by atoms with Crippen LogP contribution >= 0.6 is 11.3 Å². The molecule has 6 heteroatoms. The van der Waals surface area contributed by atoms with E-state index in [4.69, 9.17) is 14.8 Å². The maximum Gasteiger partial charge on any atom is 0.214 e. The molecule has 2 aromatic heterocycles. The monoisotopic (exact) mass is 346 g/mol. The summed E-state index contributed by atoms with van der Waals surface area (Å²) in [6.07, 6.45) is 12.8. The molecule has 1 saturated heterocycles. The van der Waals surface area contributed by atoms with Gasteiger partial charge in [-0.05, 0) is 25.7 Å². The van der Waals surface area contributed by atoms with E-state index in [9.17, 15) is 0 Å². The lowest BCUT2D eigenvalue weighted by Crippen LogP contribution is -2.36. The molecule has 0 atom stereocenters. The normalized spacial score (nSPS) is 25.1. The molecule has 3 fully saturated rings. The van der Waals surface area contributed by atoms with Gasteiger partial charge in [-0.3, -0.25) is 0 Å². The topological polar surface area (TPSA) is 42.7 Å². The molecular formula is C18H26N4OS. The van der Waals surface area contributed by atoms with E-state index in [2.05, 4.69) is 11.1 Å². The van der Waals surface area contributed by atoms with Crippen LogP contribution in [0.2, 0.25) is 0 Å². The van der Waals surface area contributed by atoms with Crippen molar-refractivity contribution in [1.29, 1.82) is 0 Å². The molecule has 0 aromatic carbocycles. The van der Waals surface area contributed by atoms with Crippen LogP contribution in [0.1, 0.15) is 63.0 Å². The number of ether oxygens (including phenoxy) is 1. The van der Waals surface area contributed by atoms with E-state index >= 15 is 0 Å². The fourth-order valence-corrected chi connectivity index (χ4v) is 5.75. The zero-order valence-electron chi connectivity index (χ0n) is 14.2. The van der Waals surface area contributed by atoms with Gasteiger partial charge in [-0.15, -0.1) is 5.10 Å². The van der Waals surface area contributed by atoms with Crippen molar-refractivity contribution in [2.24, 2.45) is 5.41 Å². The minimum atomic E-state index is 0.360. The quantitative estimate of drug-likeness (QED) is 0.828. The lowest BCUT2D eigenvalue weighted by Gasteiger charge is -2.31. The summed E-state index contributed by atoms with van der Waals surface area (Å²) in [4.78, 5) is 8.39. The molecule has 0 N–H and O–H groups in total. The van der Waals surface area contributed by atoms with Gasteiger partial charge in [-0.2, -0.15) is 0 Å². The predicted octanol–water partition coefficient (Wildman–Crippen LogP) is 3.85. The van der Waals surface area contributed by atoms with E-state index in [0.717, 1.165) is 36.4 Å². The standard InChI is InChI=1S/C18H26N4OS/c1-2-6-14(5-1)15-11-22-16(19-15)24-17(20-22)21-9-10-23-13-18(12-21)7-3-4-8-18/h11,14H,1-10,12-13H2. The lowest BCUT2D eigenvalue weighted by molar-refractivity contribution is 0.0733. The zero-order chi connectivity index (χ0) is 16.0. The minimum Gasteiger partial charge on any atom is -0.379 e. The van der Waals surface area contributed by atoms with Crippen LogP contribution in [-0.4, -0.2) is 40.9 Å². The maximum atomic E-state index is 5.94. The van der Waals surface area contributed by atoms with E-state index in [-0.39, 0.29) is 0 Å². The van der Waals surface area contributed by atoms with Gasteiger partial charge in [0.1, 0.15) is 0 Å². The Morgan fingerprint density at radius 3 is 2.79 bits per heavy atom. The molecular weight excluding hydrogens is 320 g/mol. The molecule has 3 heterocycles. The summed E-state index contributed by atoms with van der Waals surface area (Å²) in [5.74, 6) is 0.663. The molecule has 0 unspecified atom stereocenters. The summed E-state index contributed by atoms with van der Waals surface area (Å²) >= 11 is 1.75. The average Bonchev–Trinajstić information content (AvgIpc) is 3.30. The number of nitrogens with zero attached hydrogens (tertiary/aromatic N) is 4. The van der Waals surface area contributed by atoms with Crippen LogP contribution in [0.5, 0.6) is 0 Å². The molecule has 24 heavy (non-hydrogen) atoms. The lowest BCUT2D eigenvalue weighted by atomic mass is 9.87. The van der Waals surface area contributed by atoms with Crippen LogP contribution in [0, 0.1) is 5.41 Å². The van der Waals surface area contributed by atoms with Crippen molar-refractivity contribution in [3.63, 3.8) is 0 Å². The molecule has 1 spiro atoms. The van der Waals surface area contributed by atoms with Gasteiger partial charge in [0.15, 0.2) is 0 Å². The molecule has 5 nitrogen and oxygen atoms in total. The van der Waals surface area contributed by atoms with Crippen molar-refractivity contribution in [3.05, 3.63) is 11.9 Å². The van der Waals surface area contributed by atoms with Crippen LogP contribution < -0.4 is 4.90 Å². The molecule has 5 rings (SSSR count). The Morgan fingerprint density at radius 2 is 2.00 bits per heavy atom. The molecule has 1 aliphatic heterocycles. The Balaban J connectivity index is 1.40. The number of fused-ring (bicyclic) bond motifs is 1. The van der Waals surface area contributed by atoms with Gasteiger partial charge >= 0.3 is 0 Å². The predicted molar refractivity (Wildman–Crippen MR) is 96.0 cm³/mol. The number of hydrogen-bond donors (Lipinski definition) is 0. The largest absolute Gasteiger partial charge is 0.379 e. The Bertz CT molecular complexity index is 680. The molecule has 130 valence electrons. The summed E-state index contributed by atoms with van der Waals surface area (Å²) < 4.78 is 7.95. The summed E-state index contributed by atoms with van der Waals surface area (Å²) in [6.45, 7) is 3.79. The first-order valence-electron chi connectivity index (χ1n) is 9.50. The van der Waals surface area contributed by atoms with Crippen molar-refractivity contribution in [2.75, 3.05) is 31.2 Å². The number of imidazole rings is 1. The first-order chi connectivity index (χ1) is 11.8. The summed E-state index contributed by atoms with van der Waals surface area (Å²) in [5.41, 5.74) is 1.61. The van der Waals surface area contributed by atoms with Crippen LogP contribution in [0.15, 0.2) is 6.20 Å². The van der Waals surface area contributed by atoms with Gasteiger partial charge in [-0.1, -0.05) is 37.0 Å². The van der Waals surface area contributed by atoms with Gasteiger partial charge in [0, 0.05) is 24.4 Å². The number of rotatable bonds is 2. The average molecular weight is 347 g/mol. The highest BCUT2D eigenvalue weighted by Gasteiger charge is 2.38. The van der Waals surface area contributed by atoms with Gasteiger partial charge < -0.3 is 9.64 Å². The number of aromatic nitrogens is 3. The van der Waals surface area contributed by atoms with Gasteiger partial charge in [-0.25, -0.2) is 9.50 Å². The van der Waals surface area contributed by atoms with Gasteiger partial charge in [0.2, 0.25) is 10.1 Å². The molecule has 0 radical (unpaired) electrons. The third-order valence-corrected chi connectivity index (χ3v) is 7.18. The van der Waals surface area contributed by atoms with Crippen molar-refractivity contribution >= 4 is 21.4 Å². The molecule has 2 saturated carbocycles. The summed E-state index contributed by atoms with van der Waals surface area (Å²) in [5, 5.41) is 5.99. The van der Waals surface area contributed by atoms with Crippen LogP contribution in [0.3, 0.4) is 0 Å². The number of hydrogen-bond acceptors (Lipinski definition) is 5. The third-order valence-electron chi connectivity index (χ3n) is 6.20. The highest BCUT2D eigenvalue weighted by molar-refractivity contribution is 7.20. The number of anilines is 1. The van der Waals surface area contributed by atoms with Crippen LogP contribution in [0.25, 0.3) is 4.96 Å². The maximum absolute atomic E-state index is 5.94. The second-order valence-corrected chi connectivity index (χ2v) is 8.87. The van der Waals surface area contributed by atoms with Gasteiger partial charge in [0.05, 0.1) is 25.1 Å². The SMILES string of the molecule is c1c(C2CCCC2)nc2sc(N3CCOCC4(CCCC4)C3)nn12. The summed E-state index contributed by atoms with van der Waals surface area (Å²) in [6, 6.07) is 0. The fraction of sp³-hybridized carbons (Fsp3) is 0.778. The first-order valence-corrected chi connectivity index (χ1v) is 10.3. The highest BCUT2D eigenvalue weighted by Crippen LogP contribution is 2.41. The van der Waals surface area contributed by atoms with Crippen molar-refractivity contribution in [1.82, 2.24) is 14.6 Å². The van der Waals surface area contributed by atoms with Gasteiger partial charge in [0.25, 0.3) is 0 Å². The van der Waals surface area contributed by atoms with E-state index in [1.807, 2.05) is 4.52 Å². The molecule has 0 bridgehead atoms. The Kier molecular flexibility index (Phi) is 3.78. The minimum absolute atomic E-state index is 0.360. The van der Waals surface area contributed by atoms with E-state index in [0.29, 0.717) is 11.3 Å². The van der Waals surface area contributed by atoms with Crippen LogP contribution in [-0.2, 0) is 4.74 Å². The van der Waals surface area contributed by atoms with E-state index in [1.54, 1.807) is 11.3 Å². The molecule has 2 aliphatic carbocycles. The fourth-order valence-electron chi connectivity index (χ4n) is 4.84. The summed E-state index contributed by atoms with van der Waals surface area (Å²) in [7, 11) is 0. The molecule has 0 amide bonds. The van der Waals surface area contributed by atoms with Crippen LogP contribution in [0.4, 0.5) is 5.13 Å². The third kappa shape index (κ3) is 2.64. The van der Waals surface area contributed by atoms with Crippen molar-refractivity contribution in [2.45, 2.75) is 57.3 Å².